The van der Waals surface area contributed by atoms with E-state index in [-0.39, 0.29) is 0 Å². The SMILES string of the molecule is Clc1ccc(NC2C3CC4CC(C3)CC2C4)cc1Br. The number of nitrogens with one attached hydrogen (secondary N) is 1. The van der Waals surface area contributed by atoms with Crippen molar-refractivity contribution >= 4 is 33.2 Å². The van der Waals surface area contributed by atoms with Gasteiger partial charge in [0.2, 0.25) is 0 Å². The molecule has 5 rings (SSSR count). The van der Waals surface area contributed by atoms with E-state index in [1.54, 1.807) is 0 Å². The minimum Gasteiger partial charge on any atom is -0.382 e. The number of halogens is 2. The average molecular weight is 341 g/mol. The maximum atomic E-state index is 6.07. The number of hydrogen-bond donors (Lipinski definition) is 1. The van der Waals surface area contributed by atoms with Crippen LogP contribution in [0.2, 0.25) is 5.02 Å². The summed E-state index contributed by atoms with van der Waals surface area (Å²) in [6.07, 6.45) is 7.35. The Kier molecular flexibility index (Phi) is 3.07. The van der Waals surface area contributed by atoms with Crippen LogP contribution >= 0.6 is 27.5 Å². The first-order valence-corrected chi connectivity index (χ1v) is 8.57. The minimum absolute atomic E-state index is 0.695. The summed E-state index contributed by atoms with van der Waals surface area (Å²) < 4.78 is 0.989. The fourth-order valence-corrected chi connectivity index (χ4v) is 5.44. The summed E-state index contributed by atoms with van der Waals surface area (Å²) in [5.41, 5.74) is 1.22. The van der Waals surface area contributed by atoms with Crippen molar-refractivity contribution in [2.75, 3.05) is 5.32 Å². The zero-order valence-corrected chi connectivity index (χ0v) is 13.3. The molecule has 0 unspecified atom stereocenters. The van der Waals surface area contributed by atoms with Gasteiger partial charge >= 0.3 is 0 Å². The van der Waals surface area contributed by atoms with E-state index in [0.717, 1.165) is 33.2 Å². The van der Waals surface area contributed by atoms with Crippen LogP contribution < -0.4 is 5.32 Å². The van der Waals surface area contributed by atoms with Crippen LogP contribution in [0.4, 0.5) is 5.69 Å². The summed E-state index contributed by atoms with van der Waals surface area (Å²) in [7, 11) is 0. The van der Waals surface area contributed by atoms with E-state index < -0.39 is 0 Å². The monoisotopic (exact) mass is 339 g/mol. The van der Waals surface area contributed by atoms with E-state index >= 15 is 0 Å². The summed E-state index contributed by atoms with van der Waals surface area (Å²) in [5, 5.41) is 4.59. The maximum absolute atomic E-state index is 6.07. The number of rotatable bonds is 2. The number of benzene rings is 1. The smallest absolute Gasteiger partial charge is 0.0549 e. The Morgan fingerprint density at radius 3 is 2.21 bits per heavy atom. The molecule has 4 saturated carbocycles. The lowest BCUT2D eigenvalue weighted by molar-refractivity contribution is 0.00754. The first-order valence-electron chi connectivity index (χ1n) is 7.40. The van der Waals surface area contributed by atoms with Crippen LogP contribution in [0.5, 0.6) is 0 Å². The molecule has 4 fully saturated rings. The number of anilines is 1. The van der Waals surface area contributed by atoms with Gasteiger partial charge in [-0.25, -0.2) is 0 Å². The maximum Gasteiger partial charge on any atom is 0.0549 e. The third-order valence-electron chi connectivity index (χ3n) is 5.48. The molecule has 1 nitrogen and oxygen atoms in total. The predicted molar refractivity (Wildman–Crippen MR) is 83.6 cm³/mol. The van der Waals surface area contributed by atoms with Gasteiger partial charge in [0.25, 0.3) is 0 Å². The first kappa shape index (κ1) is 12.5. The molecule has 4 aliphatic rings. The Morgan fingerprint density at radius 2 is 1.63 bits per heavy atom. The molecule has 0 radical (unpaired) electrons. The van der Waals surface area contributed by atoms with Crippen molar-refractivity contribution in [1.82, 2.24) is 0 Å². The topological polar surface area (TPSA) is 12.0 Å². The van der Waals surface area contributed by atoms with Gasteiger partial charge in [-0.05, 0) is 89.9 Å². The molecule has 0 aliphatic heterocycles. The molecule has 0 atom stereocenters. The van der Waals surface area contributed by atoms with Gasteiger partial charge in [0, 0.05) is 16.2 Å². The Bertz CT molecular complexity index is 474. The van der Waals surface area contributed by atoms with E-state index in [0.29, 0.717) is 6.04 Å². The summed E-state index contributed by atoms with van der Waals surface area (Å²) in [4.78, 5) is 0. The summed E-state index contributed by atoms with van der Waals surface area (Å²) in [5.74, 6) is 3.89. The second kappa shape index (κ2) is 4.66. The molecule has 1 aromatic rings. The highest BCUT2D eigenvalue weighted by Gasteiger charge is 2.48. The highest BCUT2D eigenvalue weighted by Crippen LogP contribution is 2.54. The van der Waals surface area contributed by atoms with Gasteiger partial charge in [0.15, 0.2) is 0 Å². The van der Waals surface area contributed by atoms with Crippen LogP contribution in [-0.2, 0) is 0 Å². The number of hydrogen-bond acceptors (Lipinski definition) is 1. The highest BCUT2D eigenvalue weighted by molar-refractivity contribution is 9.10. The van der Waals surface area contributed by atoms with Crippen LogP contribution in [0.1, 0.15) is 32.1 Å². The van der Waals surface area contributed by atoms with Crippen LogP contribution in [0, 0.1) is 23.7 Å². The highest BCUT2D eigenvalue weighted by atomic mass is 79.9. The van der Waals surface area contributed by atoms with Crippen LogP contribution in [0.3, 0.4) is 0 Å². The molecule has 4 aliphatic carbocycles. The van der Waals surface area contributed by atoms with Gasteiger partial charge < -0.3 is 5.32 Å². The molecule has 0 spiro atoms. The quantitative estimate of drug-likeness (QED) is 0.766. The second-order valence-corrected chi connectivity index (χ2v) is 7.99. The molecule has 0 saturated heterocycles. The third-order valence-corrected chi connectivity index (χ3v) is 6.69. The summed E-state index contributed by atoms with van der Waals surface area (Å²) in [6, 6.07) is 6.90. The van der Waals surface area contributed by atoms with Crippen molar-refractivity contribution in [3.05, 3.63) is 27.7 Å². The standard InChI is InChI=1S/C16H19BrClN/c17-14-8-13(1-2-15(14)18)19-16-11-4-9-3-10(6-11)7-12(16)5-9/h1-2,8-12,16,19H,3-7H2. The second-order valence-electron chi connectivity index (χ2n) is 6.73. The lowest BCUT2D eigenvalue weighted by Crippen LogP contribution is -2.51. The van der Waals surface area contributed by atoms with E-state index in [1.807, 2.05) is 6.07 Å². The zero-order chi connectivity index (χ0) is 13.0. The summed E-state index contributed by atoms with van der Waals surface area (Å²) in [6.45, 7) is 0. The molecule has 1 aromatic carbocycles. The van der Waals surface area contributed by atoms with Crippen LogP contribution in [0.15, 0.2) is 22.7 Å². The van der Waals surface area contributed by atoms with E-state index in [9.17, 15) is 0 Å². The lowest BCUT2D eigenvalue weighted by Gasteiger charge is -2.54. The largest absolute Gasteiger partial charge is 0.382 e. The molecule has 0 aromatic heterocycles. The van der Waals surface area contributed by atoms with E-state index in [2.05, 4.69) is 33.4 Å². The van der Waals surface area contributed by atoms with Gasteiger partial charge in [0.05, 0.1) is 5.02 Å². The van der Waals surface area contributed by atoms with Gasteiger partial charge in [-0.15, -0.1) is 0 Å². The zero-order valence-electron chi connectivity index (χ0n) is 10.9. The fourth-order valence-electron chi connectivity index (χ4n) is 4.94. The van der Waals surface area contributed by atoms with Crippen molar-refractivity contribution in [3.63, 3.8) is 0 Å². The Labute approximate surface area is 128 Å². The average Bonchev–Trinajstić information content (AvgIpc) is 2.37. The third kappa shape index (κ3) is 2.21. The summed E-state index contributed by atoms with van der Waals surface area (Å²) >= 11 is 9.59. The molecular weight excluding hydrogens is 322 g/mol. The van der Waals surface area contributed by atoms with E-state index in [1.165, 1.54) is 37.8 Å². The van der Waals surface area contributed by atoms with Crippen LogP contribution in [0.25, 0.3) is 0 Å². The normalized spacial score (nSPS) is 39.6. The Morgan fingerprint density at radius 1 is 1.00 bits per heavy atom. The van der Waals surface area contributed by atoms with Crippen molar-refractivity contribution in [3.8, 4) is 0 Å². The predicted octanol–water partition coefficient (Wildman–Crippen LogP) is 5.34. The van der Waals surface area contributed by atoms with Gasteiger partial charge in [-0.2, -0.15) is 0 Å². The van der Waals surface area contributed by atoms with Crippen molar-refractivity contribution < 1.29 is 0 Å². The molecular formula is C16H19BrClN. The molecule has 102 valence electrons. The first-order chi connectivity index (χ1) is 9.19. The minimum atomic E-state index is 0.695. The fraction of sp³-hybridized carbons (Fsp3) is 0.625. The van der Waals surface area contributed by atoms with Crippen molar-refractivity contribution in [2.45, 2.75) is 38.1 Å². The van der Waals surface area contributed by atoms with Gasteiger partial charge in [0.1, 0.15) is 0 Å². The lowest BCUT2D eigenvalue weighted by atomic mass is 9.54. The molecule has 4 bridgehead atoms. The Hall–Kier alpha value is -0.210. The van der Waals surface area contributed by atoms with Crippen LogP contribution in [-0.4, -0.2) is 6.04 Å². The molecule has 0 amide bonds. The molecule has 0 heterocycles. The van der Waals surface area contributed by atoms with Crippen molar-refractivity contribution in [1.29, 1.82) is 0 Å². The van der Waals surface area contributed by atoms with E-state index in [4.69, 9.17) is 11.6 Å². The molecule has 1 N–H and O–H groups in total. The van der Waals surface area contributed by atoms with Gasteiger partial charge in [-0.3, -0.25) is 0 Å². The van der Waals surface area contributed by atoms with Crippen molar-refractivity contribution in [2.24, 2.45) is 23.7 Å². The Balaban J connectivity index is 1.55. The molecule has 3 heteroatoms. The van der Waals surface area contributed by atoms with Gasteiger partial charge in [-0.1, -0.05) is 11.6 Å². The molecule has 19 heavy (non-hydrogen) atoms.